The highest BCUT2D eigenvalue weighted by molar-refractivity contribution is 6.07. The topological polar surface area (TPSA) is 59.2 Å². The third-order valence-corrected chi connectivity index (χ3v) is 3.41. The Kier molecular flexibility index (Phi) is 2.71. The van der Waals surface area contributed by atoms with Gasteiger partial charge in [-0.15, -0.1) is 0 Å². The highest BCUT2D eigenvalue weighted by Crippen LogP contribution is 2.30. The van der Waals surface area contributed by atoms with Crippen LogP contribution in [-0.4, -0.2) is 17.4 Å². The zero-order chi connectivity index (χ0) is 13.4. The largest absolute Gasteiger partial charge is 0.399 e. The molecule has 0 saturated carbocycles. The van der Waals surface area contributed by atoms with Gasteiger partial charge in [-0.3, -0.25) is 9.78 Å². The maximum Gasteiger partial charge on any atom is 0.259 e. The van der Waals surface area contributed by atoms with Crippen LogP contribution in [0.25, 0.3) is 0 Å². The fourth-order valence-corrected chi connectivity index (χ4v) is 2.36. The number of benzene rings is 1. The first-order valence-electron chi connectivity index (χ1n) is 6.28. The normalized spacial score (nSPS) is 13.4. The van der Waals surface area contributed by atoms with Gasteiger partial charge in [0.1, 0.15) is 0 Å². The molecule has 4 heteroatoms. The van der Waals surface area contributed by atoms with Crippen LogP contribution in [0.4, 0.5) is 11.4 Å². The predicted octanol–water partition coefficient (Wildman–Crippen LogP) is 2.18. The Morgan fingerprint density at radius 1 is 1.32 bits per heavy atom. The van der Waals surface area contributed by atoms with Crippen molar-refractivity contribution in [3.63, 3.8) is 0 Å². The van der Waals surface area contributed by atoms with Crippen molar-refractivity contribution >= 4 is 17.3 Å². The number of rotatable bonds is 1. The van der Waals surface area contributed by atoms with Crippen molar-refractivity contribution in [2.45, 2.75) is 13.3 Å². The van der Waals surface area contributed by atoms with E-state index >= 15 is 0 Å². The van der Waals surface area contributed by atoms with Crippen molar-refractivity contribution in [2.75, 3.05) is 17.2 Å². The van der Waals surface area contributed by atoms with Gasteiger partial charge in [-0.05, 0) is 43.2 Å². The Morgan fingerprint density at radius 3 is 2.89 bits per heavy atom. The van der Waals surface area contributed by atoms with Crippen LogP contribution in [0.5, 0.6) is 0 Å². The van der Waals surface area contributed by atoms with E-state index in [2.05, 4.69) is 4.98 Å². The van der Waals surface area contributed by atoms with Gasteiger partial charge in [0.2, 0.25) is 0 Å². The summed E-state index contributed by atoms with van der Waals surface area (Å²) < 4.78 is 0. The summed E-state index contributed by atoms with van der Waals surface area (Å²) in [5.74, 6) is -0.0168. The zero-order valence-corrected chi connectivity index (χ0v) is 10.8. The van der Waals surface area contributed by atoms with Crippen LogP contribution < -0.4 is 10.6 Å². The number of nitrogens with zero attached hydrogens (tertiary/aromatic N) is 2. The molecular formula is C15H15N3O. The van der Waals surface area contributed by atoms with Gasteiger partial charge in [-0.25, -0.2) is 0 Å². The van der Waals surface area contributed by atoms with Gasteiger partial charge >= 0.3 is 0 Å². The quantitative estimate of drug-likeness (QED) is 0.792. The second-order valence-corrected chi connectivity index (χ2v) is 4.78. The van der Waals surface area contributed by atoms with Crippen LogP contribution in [0.3, 0.4) is 0 Å². The lowest BCUT2D eigenvalue weighted by Gasteiger charge is -2.17. The summed E-state index contributed by atoms with van der Waals surface area (Å²) in [6.45, 7) is 2.60. The van der Waals surface area contributed by atoms with E-state index in [-0.39, 0.29) is 5.91 Å². The summed E-state index contributed by atoms with van der Waals surface area (Å²) in [7, 11) is 0. The Morgan fingerprint density at radius 2 is 2.16 bits per heavy atom. The third-order valence-electron chi connectivity index (χ3n) is 3.41. The zero-order valence-electron chi connectivity index (χ0n) is 10.8. The first-order valence-corrected chi connectivity index (χ1v) is 6.28. The SMILES string of the molecule is Cc1ccc(C(=O)N2CCc3ccc(N)cc32)cn1. The van der Waals surface area contributed by atoms with Crippen LogP contribution in [0.15, 0.2) is 36.5 Å². The van der Waals surface area contributed by atoms with Gasteiger partial charge in [0.05, 0.1) is 5.56 Å². The molecule has 1 amide bonds. The minimum Gasteiger partial charge on any atom is -0.399 e. The molecule has 0 radical (unpaired) electrons. The number of aryl methyl sites for hydroxylation is 1. The van der Waals surface area contributed by atoms with E-state index < -0.39 is 0 Å². The number of amides is 1. The Bertz CT molecular complexity index is 634. The van der Waals surface area contributed by atoms with Crippen molar-refractivity contribution in [1.82, 2.24) is 4.98 Å². The maximum atomic E-state index is 12.5. The molecule has 2 N–H and O–H groups in total. The van der Waals surface area contributed by atoms with E-state index in [1.807, 2.05) is 37.3 Å². The lowest BCUT2D eigenvalue weighted by atomic mass is 10.1. The van der Waals surface area contributed by atoms with E-state index in [4.69, 9.17) is 5.73 Å². The third kappa shape index (κ3) is 2.05. The smallest absolute Gasteiger partial charge is 0.259 e. The molecule has 0 spiro atoms. The molecule has 0 unspecified atom stereocenters. The van der Waals surface area contributed by atoms with Gasteiger partial charge in [-0.2, -0.15) is 0 Å². The predicted molar refractivity (Wildman–Crippen MR) is 75.2 cm³/mol. The molecule has 2 heterocycles. The first kappa shape index (κ1) is 11.7. The van der Waals surface area contributed by atoms with Gasteiger partial charge < -0.3 is 10.6 Å². The number of aromatic nitrogens is 1. The van der Waals surface area contributed by atoms with Crippen LogP contribution in [0.1, 0.15) is 21.6 Å². The van der Waals surface area contributed by atoms with E-state index in [1.54, 1.807) is 11.1 Å². The van der Waals surface area contributed by atoms with E-state index in [0.29, 0.717) is 17.8 Å². The van der Waals surface area contributed by atoms with E-state index in [0.717, 1.165) is 17.8 Å². The monoisotopic (exact) mass is 253 g/mol. The molecule has 3 rings (SSSR count). The number of fused-ring (bicyclic) bond motifs is 1. The van der Waals surface area contributed by atoms with Crippen LogP contribution >= 0.6 is 0 Å². The number of nitrogen functional groups attached to an aromatic ring is 1. The van der Waals surface area contributed by atoms with Gasteiger partial charge in [0.25, 0.3) is 5.91 Å². The van der Waals surface area contributed by atoms with Crippen LogP contribution in [-0.2, 0) is 6.42 Å². The number of hydrogen-bond donors (Lipinski definition) is 1. The van der Waals surface area contributed by atoms with E-state index in [1.165, 1.54) is 5.56 Å². The molecule has 19 heavy (non-hydrogen) atoms. The van der Waals surface area contributed by atoms with Crippen molar-refractivity contribution in [1.29, 1.82) is 0 Å². The molecule has 0 saturated heterocycles. The molecular weight excluding hydrogens is 238 g/mol. The molecule has 1 aromatic heterocycles. The van der Waals surface area contributed by atoms with Gasteiger partial charge in [0.15, 0.2) is 0 Å². The fourth-order valence-electron chi connectivity index (χ4n) is 2.36. The summed E-state index contributed by atoms with van der Waals surface area (Å²) in [5.41, 5.74) is 10.1. The number of carbonyl (C=O) groups excluding carboxylic acids is 1. The summed E-state index contributed by atoms with van der Waals surface area (Å²) in [5, 5.41) is 0. The lowest BCUT2D eigenvalue weighted by molar-refractivity contribution is 0.0989. The van der Waals surface area contributed by atoms with Crippen molar-refractivity contribution in [3.8, 4) is 0 Å². The second kappa shape index (κ2) is 4.39. The number of hydrogen-bond acceptors (Lipinski definition) is 3. The molecule has 96 valence electrons. The standard InChI is InChI=1S/C15H15N3O/c1-10-2-3-12(9-17-10)15(19)18-7-6-11-4-5-13(16)8-14(11)18/h2-5,8-9H,6-7,16H2,1H3. The van der Waals surface area contributed by atoms with Crippen LogP contribution in [0, 0.1) is 6.92 Å². The van der Waals surface area contributed by atoms with Crippen LogP contribution in [0.2, 0.25) is 0 Å². The molecule has 0 aliphatic carbocycles. The van der Waals surface area contributed by atoms with Gasteiger partial charge in [0, 0.05) is 29.8 Å². The summed E-state index contributed by atoms with van der Waals surface area (Å²) in [6, 6.07) is 9.39. The minimum absolute atomic E-state index is 0.0168. The molecule has 0 fully saturated rings. The number of anilines is 2. The molecule has 1 aliphatic rings. The molecule has 1 aliphatic heterocycles. The highest BCUT2D eigenvalue weighted by Gasteiger charge is 2.25. The Labute approximate surface area is 111 Å². The van der Waals surface area contributed by atoms with Crippen molar-refractivity contribution in [2.24, 2.45) is 0 Å². The summed E-state index contributed by atoms with van der Waals surface area (Å²) >= 11 is 0. The number of nitrogens with two attached hydrogens (primary N) is 1. The average molecular weight is 253 g/mol. The lowest BCUT2D eigenvalue weighted by Crippen LogP contribution is -2.29. The molecule has 4 nitrogen and oxygen atoms in total. The Balaban J connectivity index is 1.95. The van der Waals surface area contributed by atoms with Crippen molar-refractivity contribution in [3.05, 3.63) is 53.3 Å². The molecule has 0 bridgehead atoms. The second-order valence-electron chi connectivity index (χ2n) is 4.78. The maximum absolute atomic E-state index is 12.5. The van der Waals surface area contributed by atoms with E-state index in [9.17, 15) is 4.79 Å². The minimum atomic E-state index is -0.0168. The number of pyridine rings is 1. The van der Waals surface area contributed by atoms with Gasteiger partial charge in [-0.1, -0.05) is 6.07 Å². The first-order chi connectivity index (χ1) is 9.15. The molecule has 2 aromatic rings. The molecule has 0 atom stereocenters. The molecule has 1 aromatic carbocycles. The Hall–Kier alpha value is -2.36. The highest BCUT2D eigenvalue weighted by atomic mass is 16.2. The number of carbonyl (C=O) groups is 1. The average Bonchev–Trinajstić information content (AvgIpc) is 2.81. The van der Waals surface area contributed by atoms with Crippen molar-refractivity contribution < 1.29 is 4.79 Å². The summed E-state index contributed by atoms with van der Waals surface area (Å²) in [4.78, 5) is 18.4. The summed E-state index contributed by atoms with van der Waals surface area (Å²) in [6.07, 6.45) is 2.50. The fraction of sp³-hybridized carbons (Fsp3) is 0.200.